The molecule has 0 aliphatic carbocycles. The molecular formula is C13H23NO3S2. The van der Waals surface area contributed by atoms with Crippen LogP contribution < -0.4 is 4.72 Å². The maximum absolute atomic E-state index is 12.2. The van der Waals surface area contributed by atoms with E-state index in [1.807, 2.05) is 6.92 Å². The van der Waals surface area contributed by atoms with Crippen LogP contribution in [-0.2, 0) is 16.6 Å². The van der Waals surface area contributed by atoms with E-state index in [9.17, 15) is 8.42 Å². The summed E-state index contributed by atoms with van der Waals surface area (Å²) in [6.45, 7) is 10.4. The second-order valence-electron chi connectivity index (χ2n) is 5.95. The molecule has 0 bridgehead atoms. The maximum atomic E-state index is 12.2. The molecule has 0 aliphatic heterocycles. The average molecular weight is 305 g/mol. The van der Waals surface area contributed by atoms with E-state index in [1.165, 1.54) is 0 Å². The average Bonchev–Trinajstić information content (AvgIpc) is 2.67. The number of rotatable bonds is 5. The van der Waals surface area contributed by atoms with E-state index in [0.717, 1.165) is 16.9 Å². The zero-order chi connectivity index (χ0) is 14.8. The molecule has 110 valence electrons. The summed E-state index contributed by atoms with van der Waals surface area (Å²) in [7, 11) is -3.47. The SMILES string of the molecule is Cc1cc(S(=O)(=O)NCC(C)C(C)(C)C)sc1CO. The Morgan fingerprint density at radius 2 is 2.00 bits per heavy atom. The van der Waals surface area contributed by atoms with Gasteiger partial charge in [-0.05, 0) is 29.9 Å². The molecule has 1 heterocycles. The molecule has 1 unspecified atom stereocenters. The van der Waals surface area contributed by atoms with Gasteiger partial charge in [0, 0.05) is 11.4 Å². The van der Waals surface area contributed by atoms with E-state index in [0.29, 0.717) is 11.4 Å². The molecule has 19 heavy (non-hydrogen) atoms. The highest BCUT2D eigenvalue weighted by molar-refractivity contribution is 7.91. The molecule has 0 aliphatic rings. The summed E-state index contributed by atoms with van der Waals surface area (Å²) in [4.78, 5) is 0.698. The van der Waals surface area contributed by atoms with Gasteiger partial charge in [-0.3, -0.25) is 0 Å². The fourth-order valence-corrected chi connectivity index (χ4v) is 4.01. The molecule has 1 aromatic heterocycles. The minimum atomic E-state index is -3.47. The lowest BCUT2D eigenvalue weighted by Crippen LogP contribution is -2.33. The van der Waals surface area contributed by atoms with Crippen molar-refractivity contribution in [1.82, 2.24) is 4.72 Å². The van der Waals surface area contributed by atoms with E-state index in [1.54, 1.807) is 13.0 Å². The van der Waals surface area contributed by atoms with E-state index in [-0.39, 0.29) is 22.1 Å². The van der Waals surface area contributed by atoms with Gasteiger partial charge in [-0.15, -0.1) is 11.3 Å². The molecule has 0 spiro atoms. The number of thiophene rings is 1. The van der Waals surface area contributed by atoms with Gasteiger partial charge < -0.3 is 5.11 Å². The Morgan fingerprint density at radius 1 is 1.42 bits per heavy atom. The second-order valence-corrected chi connectivity index (χ2v) is 9.08. The maximum Gasteiger partial charge on any atom is 0.250 e. The van der Waals surface area contributed by atoms with Gasteiger partial charge in [0.2, 0.25) is 10.0 Å². The predicted octanol–water partition coefficient (Wildman–Crippen LogP) is 2.51. The number of hydrogen-bond donors (Lipinski definition) is 2. The molecular weight excluding hydrogens is 282 g/mol. The first-order valence-corrected chi connectivity index (χ1v) is 8.57. The standard InChI is InChI=1S/C13H23NO3S2/c1-9-6-12(18-11(9)8-15)19(16,17)14-7-10(2)13(3,4)5/h6,10,14-15H,7-8H2,1-5H3. The van der Waals surface area contributed by atoms with E-state index >= 15 is 0 Å². The highest BCUT2D eigenvalue weighted by Crippen LogP contribution is 2.27. The molecule has 1 rings (SSSR count). The molecule has 1 atom stereocenters. The molecule has 2 N–H and O–H groups in total. The summed E-state index contributed by atoms with van der Waals surface area (Å²) in [6, 6.07) is 1.61. The van der Waals surface area contributed by atoms with Gasteiger partial charge >= 0.3 is 0 Å². The van der Waals surface area contributed by atoms with Crippen molar-refractivity contribution in [2.45, 2.75) is 45.4 Å². The Balaban J connectivity index is 2.81. The van der Waals surface area contributed by atoms with E-state index in [4.69, 9.17) is 5.11 Å². The van der Waals surface area contributed by atoms with Crippen molar-refractivity contribution in [3.63, 3.8) is 0 Å². The van der Waals surface area contributed by atoms with Crippen molar-refractivity contribution < 1.29 is 13.5 Å². The fraction of sp³-hybridized carbons (Fsp3) is 0.692. The molecule has 0 saturated carbocycles. The number of aliphatic hydroxyl groups is 1. The van der Waals surface area contributed by atoms with Gasteiger partial charge in [0.05, 0.1) is 6.61 Å². The third-order valence-corrected chi connectivity index (χ3v) is 6.58. The Bertz CT molecular complexity index is 527. The molecule has 6 heteroatoms. The van der Waals surface area contributed by atoms with Crippen molar-refractivity contribution >= 4 is 21.4 Å². The van der Waals surface area contributed by atoms with Crippen LogP contribution >= 0.6 is 11.3 Å². The van der Waals surface area contributed by atoms with Gasteiger partial charge in [-0.2, -0.15) is 0 Å². The van der Waals surface area contributed by atoms with Crippen LogP contribution in [0.1, 0.15) is 38.1 Å². The number of nitrogens with one attached hydrogen (secondary N) is 1. The van der Waals surface area contributed by atoms with Crippen molar-refractivity contribution in [2.24, 2.45) is 11.3 Å². The molecule has 0 saturated heterocycles. The molecule has 0 amide bonds. The summed E-state index contributed by atoms with van der Waals surface area (Å²) < 4.78 is 27.2. The van der Waals surface area contributed by atoms with E-state index in [2.05, 4.69) is 25.5 Å². The predicted molar refractivity (Wildman–Crippen MR) is 78.8 cm³/mol. The van der Waals surface area contributed by atoms with Gasteiger partial charge in [-0.1, -0.05) is 27.7 Å². The first-order chi connectivity index (χ1) is 8.58. The Labute approximate surface area is 119 Å². The number of sulfonamides is 1. The van der Waals surface area contributed by atoms with Crippen LogP contribution in [0.15, 0.2) is 10.3 Å². The number of aryl methyl sites for hydroxylation is 1. The van der Waals surface area contributed by atoms with Gasteiger partial charge in [0.1, 0.15) is 4.21 Å². The third-order valence-electron chi connectivity index (χ3n) is 3.46. The van der Waals surface area contributed by atoms with Crippen LogP contribution in [0.5, 0.6) is 0 Å². The smallest absolute Gasteiger partial charge is 0.250 e. The number of hydrogen-bond acceptors (Lipinski definition) is 4. The lowest BCUT2D eigenvalue weighted by Gasteiger charge is -2.27. The molecule has 0 radical (unpaired) electrons. The Hall–Kier alpha value is -0.430. The van der Waals surface area contributed by atoms with Gasteiger partial charge in [-0.25, -0.2) is 13.1 Å². The van der Waals surface area contributed by atoms with Crippen molar-refractivity contribution in [3.8, 4) is 0 Å². The van der Waals surface area contributed by atoms with Crippen molar-refractivity contribution in [3.05, 3.63) is 16.5 Å². The minimum absolute atomic E-state index is 0.0597. The largest absolute Gasteiger partial charge is 0.391 e. The third kappa shape index (κ3) is 4.27. The van der Waals surface area contributed by atoms with Crippen LogP contribution in [0.2, 0.25) is 0 Å². The van der Waals surface area contributed by atoms with Gasteiger partial charge in [0.25, 0.3) is 0 Å². The Kier molecular flexibility index (Phi) is 5.17. The van der Waals surface area contributed by atoms with Gasteiger partial charge in [0.15, 0.2) is 0 Å². The lowest BCUT2D eigenvalue weighted by atomic mass is 9.82. The quantitative estimate of drug-likeness (QED) is 0.878. The highest BCUT2D eigenvalue weighted by Gasteiger charge is 2.24. The summed E-state index contributed by atoms with van der Waals surface area (Å²) in [5, 5.41) is 9.12. The van der Waals surface area contributed by atoms with Crippen LogP contribution in [0.3, 0.4) is 0 Å². The zero-order valence-electron chi connectivity index (χ0n) is 12.1. The lowest BCUT2D eigenvalue weighted by molar-refractivity contribution is 0.263. The monoisotopic (exact) mass is 305 g/mol. The second kappa shape index (κ2) is 5.91. The van der Waals surface area contributed by atoms with E-state index < -0.39 is 10.0 Å². The normalized spacial score (nSPS) is 14.6. The number of aliphatic hydroxyl groups excluding tert-OH is 1. The minimum Gasteiger partial charge on any atom is -0.391 e. The van der Waals surface area contributed by atoms with Crippen LogP contribution in [0, 0.1) is 18.3 Å². The molecule has 4 nitrogen and oxygen atoms in total. The fourth-order valence-electron chi connectivity index (χ4n) is 1.39. The topological polar surface area (TPSA) is 66.4 Å². The summed E-state index contributed by atoms with van der Waals surface area (Å²) in [5.74, 6) is 0.237. The van der Waals surface area contributed by atoms with Crippen molar-refractivity contribution in [2.75, 3.05) is 6.54 Å². The highest BCUT2D eigenvalue weighted by atomic mass is 32.2. The summed E-state index contributed by atoms with van der Waals surface area (Å²) in [5.41, 5.74) is 0.876. The first-order valence-electron chi connectivity index (χ1n) is 6.27. The molecule has 0 aromatic carbocycles. The Morgan fingerprint density at radius 3 is 2.42 bits per heavy atom. The zero-order valence-corrected chi connectivity index (χ0v) is 13.8. The molecule has 0 fully saturated rings. The summed E-state index contributed by atoms with van der Waals surface area (Å²) in [6.07, 6.45) is 0. The molecule has 1 aromatic rings. The van der Waals surface area contributed by atoms with Crippen LogP contribution in [0.25, 0.3) is 0 Å². The van der Waals surface area contributed by atoms with Crippen LogP contribution in [0.4, 0.5) is 0 Å². The first kappa shape index (κ1) is 16.6. The van der Waals surface area contributed by atoms with Crippen molar-refractivity contribution in [1.29, 1.82) is 0 Å². The summed E-state index contributed by atoms with van der Waals surface area (Å²) >= 11 is 1.13. The van der Waals surface area contributed by atoms with Crippen LogP contribution in [-0.4, -0.2) is 20.1 Å².